The standard InChI is InChI=1S/C13H11F2NO6/c1-3-22-13(19)11(6(2)17)12(18)7-4-8(14)9(15)5-10(7)16(20)21/h4-5,11H,3H2,1-2H3. The fraction of sp³-hybridized carbons (Fsp3) is 0.308. The van der Waals surface area contributed by atoms with Crippen molar-refractivity contribution in [3.05, 3.63) is 39.4 Å². The zero-order valence-electron chi connectivity index (χ0n) is 11.6. The molecule has 1 unspecified atom stereocenters. The molecule has 0 saturated carbocycles. The number of halogens is 2. The Hall–Kier alpha value is -2.71. The van der Waals surface area contributed by atoms with Gasteiger partial charge in [-0.1, -0.05) is 0 Å². The summed E-state index contributed by atoms with van der Waals surface area (Å²) < 4.78 is 30.9. The van der Waals surface area contributed by atoms with E-state index in [1.165, 1.54) is 6.92 Å². The Balaban J connectivity index is 3.42. The third-order valence-corrected chi connectivity index (χ3v) is 2.69. The van der Waals surface area contributed by atoms with Gasteiger partial charge in [0.05, 0.1) is 23.2 Å². The Labute approximate surface area is 123 Å². The van der Waals surface area contributed by atoms with Crippen molar-refractivity contribution in [1.29, 1.82) is 0 Å². The molecule has 0 N–H and O–H groups in total. The fourth-order valence-corrected chi connectivity index (χ4v) is 1.72. The summed E-state index contributed by atoms with van der Waals surface area (Å²) in [5.74, 6) is -8.47. The highest BCUT2D eigenvalue weighted by atomic mass is 19.2. The van der Waals surface area contributed by atoms with Crippen LogP contribution in [0.4, 0.5) is 14.5 Å². The van der Waals surface area contributed by atoms with E-state index in [2.05, 4.69) is 4.74 Å². The molecule has 9 heteroatoms. The number of rotatable bonds is 6. The molecule has 0 bridgehead atoms. The van der Waals surface area contributed by atoms with Crippen molar-refractivity contribution in [3.8, 4) is 0 Å². The van der Waals surface area contributed by atoms with Gasteiger partial charge in [-0.05, 0) is 19.9 Å². The first-order chi connectivity index (χ1) is 10.2. The van der Waals surface area contributed by atoms with Crippen LogP contribution < -0.4 is 0 Å². The second kappa shape index (κ2) is 6.83. The van der Waals surface area contributed by atoms with Gasteiger partial charge in [0.1, 0.15) is 0 Å². The van der Waals surface area contributed by atoms with Crippen molar-refractivity contribution in [3.63, 3.8) is 0 Å². The van der Waals surface area contributed by atoms with Gasteiger partial charge in [0.25, 0.3) is 5.69 Å². The zero-order valence-corrected chi connectivity index (χ0v) is 11.6. The third kappa shape index (κ3) is 3.48. The quantitative estimate of drug-likeness (QED) is 0.261. The highest BCUT2D eigenvalue weighted by Gasteiger charge is 2.37. The average molecular weight is 315 g/mol. The van der Waals surface area contributed by atoms with Crippen molar-refractivity contribution >= 4 is 23.2 Å². The molecular formula is C13H11F2NO6. The van der Waals surface area contributed by atoms with Crippen LogP contribution in [0.3, 0.4) is 0 Å². The summed E-state index contributed by atoms with van der Waals surface area (Å²) in [6.07, 6.45) is 0. The summed E-state index contributed by atoms with van der Waals surface area (Å²) >= 11 is 0. The SMILES string of the molecule is CCOC(=O)C(C(C)=O)C(=O)c1cc(F)c(F)cc1[N+](=O)[O-]. The molecular weight excluding hydrogens is 304 g/mol. The summed E-state index contributed by atoms with van der Waals surface area (Å²) in [6.45, 7) is 2.21. The Bertz CT molecular complexity index is 658. The van der Waals surface area contributed by atoms with Gasteiger partial charge < -0.3 is 4.74 Å². The van der Waals surface area contributed by atoms with Crippen molar-refractivity contribution in [2.45, 2.75) is 13.8 Å². The predicted octanol–water partition coefficient (Wildman–Crippen LogP) is 1.82. The minimum Gasteiger partial charge on any atom is -0.465 e. The molecule has 118 valence electrons. The van der Waals surface area contributed by atoms with Gasteiger partial charge in [-0.3, -0.25) is 24.5 Å². The molecule has 0 heterocycles. The highest BCUT2D eigenvalue weighted by molar-refractivity contribution is 6.23. The van der Waals surface area contributed by atoms with Gasteiger partial charge in [0, 0.05) is 0 Å². The molecule has 0 saturated heterocycles. The maximum absolute atomic E-state index is 13.2. The van der Waals surface area contributed by atoms with Gasteiger partial charge in [-0.25, -0.2) is 8.78 Å². The van der Waals surface area contributed by atoms with Crippen LogP contribution in [-0.4, -0.2) is 29.1 Å². The van der Waals surface area contributed by atoms with Crippen molar-refractivity contribution in [1.82, 2.24) is 0 Å². The summed E-state index contributed by atoms with van der Waals surface area (Å²) in [5, 5.41) is 10.8. The maximum atomic E-state index is 13.2. The molecule has 0 radical (unpaired) electrons. The molecule has 0 aliphatic carbocycles. The number of Topliss-reactive ketones (excluding diaryl/α,β-unsaturated/α-hetero) is 2. The molecule has 0 spiro atoms. The molecule has 22 heavy (non-hydrogen) atoms. The molecule has 0 aliphatic rings. The van der Waals surface area contributed by atoms with Crippen molar-refractivity contribution in [2.24, 2.45) is 5.92 Å². The molecule has 7 nitrogen and oxygen atoms in total. The van der Waals surface area contributed by atoms with Crippen LogP contribution in [0.25, 0.3) is 0 Å². The smallest absolute Gasteiger partial charge is 0.324 e. The van der Waals surface area contributed by atoms with E-state index in [1.807, 2.05) is 0 Å². The molecule has 1 aromatic carbocycles. The van der Waals surface area contributed by atoms with E-state index in [0.717, 1.165) is 6.92 Å². The third-order valence-electron chi connectivity index (χ3n) is 2.69. The predicted molar refractivity (Wildman–Crippen MR) is 68.1 cm³/mol. The van der Waals surface area contributed by atoms with Gasteiger partial charge in [0.15, 0.2) is 29.1 Å². The Morgan fingerprint density at radius 2 is 1.82 bits per heavy atom. The number of nitro benzene ring substituents is 1. The Kier molecular flexibility index (Phi) is 5.39. The number of ketones is 2. The lowest BCUT2D eigenvalue weighted by atomic mass is 9.93. The zero-order chi connectivity index (χ0) is 17.0. The van der Waals surface area contributed by atoms with Crippen LogP contribution in [0.15, 0.2) is 12.1 Å². The van der Waals surface area contributed by atoms with Crippen LogP contribution in [0.2, 0.25) is 0 Å². The number of carbonyl (C=O) groups is 3. The molecule has 0 aromatic heterocycles. The summed E-state index contributed by atoms with van der Waals surface area (Å²) in [7, 11) is 0. The average Bonchev–Trinajstić information content (AvgIpc) is 2.40. The van der Waals surface area contributed by atoms with Gasteiger partial charge in [0.2, 0.25) is 0 Å². The van der Waals surface area contributed by atoms with E-state index in [-0.39, 0.29) is 18.7 Å². The number of benzene rings is 1. The second-order valence-corrected chi connectivity index (χ2v) is 4.20. The van der Waals surface area contributed by atoms with Crippen LogP contribution in [0.5, 0.6) is 0 Å². The topological polar surface area (TPSA) is 104 Å². The summed E-state index contributed by atoms with van der Waals surface area (Å²) in [6, 6.07) is 0.496. The van der Waals surface area contributed by atoms with Crippen LogP contribution >= 0.6 is 0 Å². The number of esters is 1. The number of nitrogens with zero attached hydrogens (tertiary/aromatic N) is 1. The molecule has 1 rings (SSSR count). The Morgan fingerprint density at radius 3 is 2.27 bits per heavy atom. The monoisotopic (exact) mass is 315 g/mol. The van der Waals surface area contributed by atoms with Gasteiger partial charge in [-0.2, -0.15) is 0 Å². The summed E-state index contributed by atoms with van der Waals surface area (Å²) in [4.78, 5) is 45.0. The van der Waals surface area contributed by atoms with E-state index in [4.69, 9.17) is 0 Å². The largest absolute Gasteiger partial charge is 0.465 e. The number of nitro groups is 1. The summed E-state index contributed by atoms with van der Waals surface area (Å²) in [5.41, 5.74) is -1.92. The van der Waals surface area contributed by atoms with E-state index >= 15 is 0 Å². The normalized spacial score (nSPS) is 11.6. The van der Waals surface area contributed by atoms with Crippen LogP contribution in [0, 0.1) is 27.7 Å². The number of hydrogen-bond donors (Lipinski definition) is 0. The second-order valence-electron chi connectivity index (χ2n) is 4.20. The maximum Gasteiger partial charge on any atom is 0.324 e. The first kappa shape index (κ1) is 17.3. The van der Waals surface area contributed by atoms with E-state index < -0.39 is 51.3 Å². The van der Waals surface area contributed by atoms with E-state index in [9.17, 15) is 33.3 Å². The van der Waals surface area contributed by atoms with Gasteiger partial charge in [-0.15, -0.1) is 0 Å². The lowest BCUT2D eigenvalue weighted by Crippen LogP contribution is -2.32. The lowest BCUT2D eigenvalue weighted by Gasteiger charge is -2.12. The van der Waals surface area contributed by atoms with Gasteiger partial charge >= 0.3 is 5.97 Å². The lowest BCUT2D eigenvalue weighted by molar-refractivity contribution is -0.385. The molecule has 1 aromatic rings. The van der Waals surface area contributed by atoms with Crippen LogP contribution in [0.1, 0.15) is 24.2 Å². The first-order valence-corrected chi connectivity index (χ1v) is 6.05. The number of hydrogen-bond acceptors (Lipinski definition) is 6. The van der Waals surface area contributed by atoms with E-state index in [0.29, 0.717) is 0 Å². The molecule has 0 amide bonds. The fourth-order valence-electron chi connectivity index (χ4n) is 1.72. The minimum atomic E-state index is -1.97. The number of ether oxygens (including phenoxy) is 1. The molecule has 0 fully saturated rings. The molecule has 0 aliphatic heterocycles. The van der Waals surface area contributed by atoms with E-state index in [1.54, 1.807) is 0 Å². The highest BCUT2D eigenvalue weighted by Crippen LogP contribution is 2.25. The van der Waals surface area contributed by atoms with Crippen molar-refractivity contribution < 1.29 is 32.8 Å². The van der Waals surface area contributed by atoms with Crippen LogP contribution in [-0.2, 0) is 14.3 Å². The van der Waals surface area contributed by atoms with Crippen molar-refractivity contribution in [2.75, 3.05) is 6.61 Å². The number of carbonyl (C=O) groups excluding carboxylic acids is 3. The first-order valence-electron chi connectivity index (χ1n) is 6.05. The Morgan fingerprint density at radius 1 is 1.27 bits per heavy atom. The molecule has 1 atom stereocenters. The minimum absolute atomic E-state index is 0.129.